The van der Waals surface area contributed by atoms with Crippen LogP contribution in [0.4, 0.5) is 0 Å². The second-order valence-electron chi connectivity index (χ2n) is 20.1. The standard InChI is InChI=1S/C41H64O14/c1-36(2)13-15-41(35(50)51)16-14-39(5)20(21(41)17-36)7-8-24-37(3)11-10-25(38(4,19-42)23(37)9-12-40(24,39)6)53-34-29(47)30(28(46)31(55-34)32(48)49)54-33-27(45)26(44)22(43)18-52-33/h7,21-31,33-34,42-47H,8-19H2,1-6H3,(H,48,49)(H,50,51). The molecule has 0 spiro atoms. The summed E-state index contributed by atoms with van der Waals surface area (Å²) in [5.41, 5.74) is -0.707. The first kappa shape index (κ1) is 41.4. The van der Waals surface area contributed by atoms with E-state index in [-0.39, 0.29) is 46.0 Å². The van der Waals surface area contributed by atoms with Crippen LogP contribution in [0.25, 0.3) is 0 Å². The number of fused-ring (bicyclic) bond motifs is 7. The summed E-state index contributed by atoms with van der Waals surface area (Å²) >= 11 is 0. The zero-order valence-corrected chi connectivity index (χ0v) is 33.1. The van der Waals surface area contributed by atoms with E-state index in [2.05, 4.69) is 40.7 Å². The monoisotopic (exact) mass is 780 g/mol. The van der Waals surface area contributed by atoms with Crippen molar-refractivity contribution < 1.29 is 69.4 Å². The van der Waals surface area contributed by atoms with Crippen LogP contribution in [0, 0.1) is 50.2 Å². The fourth-order valence-corrected chi connectivity index (χ4v) is 13.4. The Kier molecular flexibility index (Phi) is 10.5. The Bertz CT molecular complexity index is 1540. The van der Waals surface area contributed by atoms with Crippen molar-refractivity contribution in [2.75, 3.05) is 13.2 Å². The minimum atomic E-state index is -1.91. The molecule has 5 aliphatic carbocycles. The van der Waals surface area contributed by atoms with Gasteiger partial charge in [0.25, 0.3) is 0 Å². The number of carboxylic acid groups (broad SMARTS) is 2. The Hall–Kier alpha value is -1.72. The molecule has 14 heteroatoms. The quantitative estimate of drug-likeness (QED) is 0.137. The van der Waals surface area contributed by atoms with Crippen LogP contribution in [0.15, 0.2) is 11.6 Å². The summed E-state index contributed by atoms with van der Waals surface area (Å²) in [5, 5.41) is 84.9. The van der Waals surface area contributed by atoms with Gasteiger partial charge in [0, 0.05) is 5.41 Å². The summed E-state index contributed by atoms with van der Waals surface area (Å²) in [6.07, 6.45) is -5.88. The molecule has 312 valence electrons. The predicted molar refractivity (Wildman–Crippen MR) is 194 cm³/mol. The normalized spacial score (nSPS) is 53.5. The minimum Gasteiger partial charge on any atom is -0.481 e. The molecule has 0 aromatic rings. The summed E-state index contributed by atoms with van der Waals surface area (Å²) in [7, 11) is 0. The summed E-state index contributed by atoms with van der Waals surface area (Å²) in [6.45, 7) is 13.0. The molecular weight excluding hydrogens is 716 g/mol. The van der Waals surface area contributed by atoms with Gasteiger partial charge in [-0.25, -0.2) is 4.79 Å². The first-order chi connectivity index (χ1) is 25.6. The average Bonchev–Trinajstić information content (AvgIpc) is 3.11. The maximum absolute atomic E-state index is 13.0. The van der Waals surface area contributed by atoms with Gasteiger partial charge in [0.05, 0.1) is 24.7 Å². The molecule has 18 atom stereocenters. The topological polar surface area (TPSA) is 233 Å². The van der Waals surface area contributed by atoms with Crippen LogP contribution < -0.4 is 0 Å². The third-order valence-corrected chi connectivity index (χ3v) is 17.0. The van der Waals surface area contributed by atoms with Crippen molar-refractivity contribution in [2.24, 2.45) is 50.2 Å². The maximum atomic E-state index is 13.0. The van der Waals surface area contributed by atoms with Crippen LogP contribution in [-0.2, 0) is 28.5 Å². The highest BCUT2D eigenvalue weighted by molar-refractivity contribution is 5.76. The largest absolute Gasteiger partial charge is 0.481 e. The SMILES string of the molecule is CC1(C)CCC2(C(=O)O)CCC3(C)C(=CCC4C5(C)CCC(OC6OC(C(=O)O)C(O)C(OC7OCC(O)C(O)C7O)C6O)C(C)(CO)C5CCC43C)C2C1. The number of allylic oxidation sites excluding steroid dienone is 2. The zero-order chi connectivity index (χ0) is 40.3. The first-order valence-electron chi connectivity index (χ1n) is 20.4. The molecule has 8 N–H and O–H groups in total. The Morgan fingerprint density at radius 3 is 2.15 bits per heavy atom. The van der Waals surface area contributed by atoms with Gasteiger partial charge in [-0.2, -0.15) is 0 Å². The predicted octanol–water partition coefficient (Wildman–Crippen LogP) is 2.59. The van der Waals surface area contributed by atoms with Crippen LogP contribution >= 0.6 is 0 Å². The highest BCUT2D eigenvalue weighted by Gasteiger charge is 2.70. The van der Waals surface area contributed by atoms with Crippen molar-refractivity contribution in [3.05, 3.63) is 11.6 Å². The van der Waals surface area contributed by atoms with E-state index in [1.54, 1.807) is 0 Å². The number of ether oxygens (including phenoxy) is 4. The molecule has 7 aliphatic rings. The third kappa shape index (κ3) is 6.09. The van der Waals surface area contributed by atoms with E-state index in [0.717, 1.165) is 44.9 Å². The van der Waals surface area contributed by atoms with Crippen molar-refractivity contribution in [3.8, 4) is 0 Å². The minimum absolute atomic E-state index is 0.00452. The number of aliphatic carboxylic acids is 2. The van der Waals surface area contributed by atoms with E-state index in [1.807, 2.05) is 6.92 Å². The molecule has 0 radical (unpaired) electrons. The molecule has 2 heterocycles. The summed E-state index contributed by atoms with van der Waals surface area (Å²) in [4.78, 5) is 25.3. The van der Waals surface area contributed by atoms with E-state index in [1.165, 1.54) is 5.57 Å². The summed E-state index contributed by atoms with van der Waals surface area (Å²) in [5.74, 6) is -1.99. The van der Waals surface area contributed by atoms with Gasteiger partial charge in [0.1, 0.15) is 36.6 Å². The fourth-order valence-electron chi connectivity index (χ4n) is 13.4. The first-order valence-corrected chi connectivity index (χ1v) is 20.4. The van der Waals surface area contributed by atoms with Gasteiger partial charge in [-0.3, -0.25) is 4.79 Å². The Morgan fingerprint density at radius 2 is 1.49 bits per heavy atom. The second-order valence-corrected chi connectivity index (χ2v) is 20.1. The number of aliphatic hydroxyl groups excluding tert-OH is 6. The van der Waals surface area contributed by atoms with Crippen molar-refractivity contribution in [3.63, 3.8) is 0 Å². The van der Waals surface area contributed by atoms with Gasteiger partial charge in [-0.1, -0.05) is 53.2 Å². The number of carbonyl (C=O) groups is 2. The van der Waals surface area contributed by atoms with Crippen molar-refractivity contribution in [1.29, 1.82) is 0 Å². The average molecular weight is 781 g/mol. The lowest BCUT2D eigenvalue weighted by atomic mass is 9.33. The molecule has 55 heavy (non-hydrogen) atoms. The second kappa shape index (κ2) is 13.9. The van der Waals surface area contributed by atoms with Crippen LogP contribution in [0.2, 0.25) is 0 Å². The van der Waals surface area contributed by atoms with E-state index in [9.17, 15) is 50.4 Å². The van der Waals surface area contributed by atoms with Gasteiger partial charge < -0.3 is 59.8 Å². The van der Waals surface area contributed by atoms with Crippen molar-refractivity contribution in [2.45, 2.75) is 167 Å². The third-order valence-electron chi connectivity index (χ3n) is 17.0. The van der Waals surface area contributed by atoms with E-state index in [4.69, 9.17) is 18.9 Å². The van der Waals surface area contributed by atoms with Crippen LogP contribution in [-0.4, -0.2) is 127 Å². The molecule has 0 aromatic heterocycles. The lowest BCUT2D eigenvalue weighted by Crippen LogP contribution is -2.67. The summed E-state index contributed by atoms with van der Waals surface area (Å²) < 4.78 is 23.2. The molecule has 7 rings (SSSR count). The highest BCUT2D eigenvalue weighted by atomic mass is 16.7. The van der Waals surface area contributed by atoms with Gasteiger partial charge in [-0.15, -0.1) is 0 Å². The van der Waals surface area contributed by atoms with Gasteiger partial charge in [0.2, 0.25) is 0 Å². The Balaban J connectivity index is 1.15. The molecule has 0 amide bonds. The van der Waals surface area contributed by atoms with Crippen LogP contribution in [0.5, 0.6) is 0 Å². The lowest BCUT2D eigenvalue weighted by Gasteiger charge is -2.71. The molecule has 14 nitrogen and oxygen atoms in total. The number of hydrogen-bond donors (Lipinski definition) is 8. The Morgan fingerprint density at radius 1 is 0.800 bits per heavy atom. The molecule has 2 aliphatic heterocycles. The van der Waals surface area contributed by atoms with Gasteiger partial charge in [-0.05, 0) is 104 Å². The number of rotatable bonds is 7. The Labute approximate surface area is 323 Å². The smallest absolute Gasteiger partial charge is 0.335 e. The highest BCUT2D eigenvalue weighted by Crippen LogP contribution is 2.76. The van der Waals surface area contributed by atoms with Gasteiger partial charge in [0.15, 0.2) is 18.7 Å². The van der Waals surface area contributed by atoms with Gasteiger partial charge >= 0.3 is 11.9 Å². The fraction of sp³-hybridized carbons (Fsp3) is 0.902. The summed E-state index contributed by atoms with van der Waals surface area (Å²) in [6, 6.07) is 0. The number of aliphatic hydroxyl groups is 6. The molecule has 6 fully saturated rings. The number of hydrogen-bond acceptors (Lipinski definition) is 12. The van der Waals surface area contributed by atoms with Crippen LogP contribution in [0.3, 0.4) is 0 Å². The van der Waals surface area contributed by atoms with E-state index >= 15 is 0 Å². The molecule has 2 saturated heterocycles. The zero-order valence-electron chi connectivity index (χ0n) is 33.1. The van der Waals surface area contributed by atoms with Crippen LogP contribution in [0.1, 0.15) is 106 Å². The molecule has 4 saturated carbocycles. The molecule has 18 unspecified atom stereocenters. The number of carboxylic acids is 2. The van der Waals surface area contributed by atoms with E-state index in [0.29, 0.717) is 19.3 Å². The van der Waals surface area contributed by atoms with Crippen molar-refractivity contribution in [1.82, 2.24) is 0 Å². The van der Waals surface area contributed by atoms with E-state index < -0.39 is 90.8 Å². The molecule has 0 aromatic carbocycles. The lowest BCUT2D eigenvalue weighted by molar-refractivity contribution is -0.358. The molecule has 0 bridgehead atoms. The maximum Gasteiger partial charge on any atom is 0.335 e. The molecular formula is C41H64O14. The van der Waals surface area contributed by atoms with Crippen molar-refractivity contribution >= 4 is 11.9 Å².